The third-order valence-corrected chi connectivity index (χ3v) is 3.83. The number of aliphatic hydroxyl groups is 1. The first-order chi connectivity index (χ1) is 7.11. The summed E-state index contributed by atoms with van der Waals surface area (Å²) in [6.45, 7) is 7.03. The molecule has 1 aromatic heterocycles. The fourth-order valence-corrected chi connectivity index (χ4v) is 2.41. The van der Waals surface area contributed by atoms with Gasteiger partial charge in [-0.15, -0.1) is 11.8 Å². The van der Waals surface area contributed by atoms with Gasteiger partial charge in [0, 0.05) is 16.2 Å². The summed E-state index contributed by atoms with van der Waals surface area (Å²) in [5.41, 5.74) is -0.219. The second kappa shape index (κ2) is 5.58. The number of aryl methyl sites for hydroxylation is 1. The second-order valence-electron chi connectivity index (χ2n) is 3.88. The van der Waals surface area contributed by atoms with Crippen molar-refractivity contribution in [2.45, 2.75) is 31.2 Å². The third-order valence-electron chi connectivity index (χ3n) is 2.31. The van der Waals surface area contributed by atoms with Gasteiger partial charge in [0.2, 0.25) is 0 Å². The zero-order valence-electron chi connectivity index (χ0n) is 9.54. The number of hydrogen-bond acceptors (Lipinski definition) is 4. The van der Waals surface area contributed by atoms with Gasteiger partial charge < -0.3 is 14.8 Å². The Morgan fingerprint density at radius 1 is 1.60 bits per heavy atom. The molecule has 0 saturated carbocycles. The van der Waals surface area contributed by atoms with E-state index in [1.807, 2.05) is 26.8 Å². The number of aliphatic hydroxyl groups excluding tert-OH is 1. The van der Waals surface area contributed by atoms with Crippen LogP contribution in [0.4, 0.5) is 0 Å². The van der Waals surface area contributed by atoms with Gasteiger partial charge in [-0.3, -0.25) is 0 Å². The molecular weight excluding hydrogens is 210 g/mol. The number of likely N-dealkylation sites (N-methyl/N-ethyl adjacent to an activating group) is 1. The first kappa shape index (κ1) is 12.6. The molecular formula is C11H19NO2S. The van der Waals surface area contributed by atoms with E-state index in [0.717, 1.165) is 23.0 Å². The highest BCUT2D eigenvalue weighted by atomic mass is 32.2. The molecule has 0 saturated heterocycles. The van der Waals surface area contributed by atoms with Crippen LogP contribution in [0.5, 0.6) is 0 Å². The normalized spacial score (nSPS) is 15.2. The lowest BCUT2D eigenvalue weighted by atomic mass is 10.1. The van der Waals surface area contributed by atoms with E-state index < -0.39 is 0 Å². The van der Waals surface area contributed by atoms with Crippen LogP contribution < -0.4 is 5.32 Å². The molecule has 1 rings (SSSR count). The van der Waals surface area contributed by atoms with E-state index in [1.54, 1.807) is 18.0 Å². The third kappa shape index (κ3) is 3.55. The summed E-state index contributed by atoms with van der Waals surface area (Å²) in [5, 5.41) is 12.6. The fraction of sp³-hybridized carbons (Fsp3) is 0.636. The van der Waals surface area contributed by atoms with Gasteiger partial charge in [-0.05, 0) is 26.5 Å². The molecule has 0 spiro atoms. The Labute approximate surface area is 95.2 Å². The Balaban J connectivity index is 2.51. The molecule has 0 aliphatic carbocycles. The van der Waals surface area contributed by atoms with Crippen LogP contribution in [0.1, 0.15) is 19.6 Å². The van der Waals surface area contributed by atoms with Crippen molar-refractivity contribution < 1.29 is 9.52 Å². The van der Waals surface area contributed by atoms with E-state index in [1.165, 1.54) is 0 Å². The van der Waals surface area contributed by atoms with Gasteiger partial charge in [0.25, 0.3) is 0 Å². The molecule has 0 aliphatic rings. The van der Waals surface area contributed by atoms with E-state index in [4.69, 9.17) is 4.42 Å². The molecule has 0 fully saturated rings. The molecule has 0 amide bonds. The molecule has 3 nitrogen and oxygen atoms in total. The van der Waals surface area contributed by atoms with Crippen LogP contribution in [0.2, 0.25) is 0 Å². The SMILES string of the molecule is CCNC(C)(CO)CSc1ccoc1C. The number of hydrogen-bond donors (Lipinski definition) is 2. The highest BCUT2D eigenvalue weighted by Crippen LogP contribution is 2.26. The molecule has 0 bridgehead atoms. The van der Waals surface area contributed by atoms with E-state index in [-0.39, 0.29) is 12.1 Å². The Kier molecular flexibility index (Phi) is 4.70. The summed E-state index contributed by atoms with van der Waals surface area (Å²) < 4.78 is 5.22. The maximum atomic E-state index is 9.32. The molecule has 0 radical (unpaired) electrons. The Bertz CT molecular complexity index is 301. The van der Waals surface area contributed by atoms with Gasteiger partial charge in [0.15, 0.2) is 0 Å². The molecule has 2 N–H and O–H groups in total. The lowest BCUT2D eigenvalue weighted by molar-refractivity contribution is 0.194. The second-order valence-corrected chi connectivity index (χ2v) is 4.90. The predicted molar refractivity (Wildman–Crippen MR) is 63.3 cm³/mol. The molecule has 1 atom stereocenters. The van der Waals surface area contributed by atoms with Crippen LogP contribution in [-0.2, 0) is 0 Å². The lowest BCUT2D eigenvalue weighted by Gasteiger charge is -2.27. The van der Waals surface area contributed by atoms with Crippen LogP contribution >= 0.6 is 11.8 Å². The first-order valence-corrected chi connectivity index (χ1v) is 6.12. The summed E-state index contributed by atoms with van der Waals surface area (Å²) in [7, 11) is 0. The topological polar surface area (TPSA) is 45.4 Å². The minimum atomic E-state index is -0.219. The maximum Gasteiger partial charge on any atom is 0.114 e. The van der Waals surface area contributed by atoms with Crippen LogP contribution in [-0.4, -0.2) is 29.5 Å². The minimum Gasteiger partial charge on any atom is -0.468 e. The number of nitrogens with one attached hydrogen (secondary N) is 1. The Morgan fingerprint density at radius 3 is 2.80 bits per heavy atom. The Morgan fingerprint density at radius 2 is 2.33 bits per heavy atom. The van der Waals surface area contributed by atoms with Crippen molar-refractivity contribution in [2.24, 2.45) is 0 Å². The van der Waals surface area contributed by atoms with E-state index in [9.17, 15) is 5.11 Å². The summed E-state index contributed by atoms with van der Waals surface area (Å²) in [6.07, 6.45) is 1.70. The lowest BCUT2D eigenvalue weighted by Crippen LogP contribution is -2.47. The van der Waals surface area contributed by atoms with Gasteiger partial charge in [0.1, 0.15) is 5.76 Å². The molecule has 15 heavy (non-hydrogen) atoms. The van der Waals surface area contributed by atoms with Gasteiger partial charge in [0.05, 0.1) is 12.9 Å². The molecule has 1 aromatic rings. The van der Waals surface area contributed by atoms with Crippen molar-refractivity contribution in [3.05, 3.63) is 18.1 Å². The smallest absolute Gasteiger partial charge is 0.114 e. The number of furan rings is 1. The molecule has 0 aromatic carbocycles. The average molecular weight is 229 g/mol. The predicted octanol–water partition coefficient (Wildman–Crippen LogP) is 2.04. The van der Waals surface area contributed by atoms with Crippen LogP contribution in [0.3, 0.4) is 0 Å². The standard InChI is InChI=1S/C11H19NO2S/c1-4-12-11(3,7-13)8-15-10-5-6-14-9(10)2/h5-6,12-13H,4,7-8H2,1-3H3. The van der Waals surface area contributed by atoms with Crippen molar-refractivity contribution in [1.29, 1.82) is 0 Å². The Hall–Kier alpha value is -0.450. The summed E-state index contributed by atoms with van der Waals surface area (Å²) in [4.78, 5) is 1.15. The van der Waals surface area contributed by atoms with E-state index in [0.29, 0.717) is 0 Å². The molecule has 1 heterocycles. The van der Waals surface area contributed by atoms with Crippen LogP contribution in [0, 0.1) is 6.92 Å². The van der Waals surface area contributed by atoms with Crippen molar-refractivity contribution in [3.8, 4) is 0 Å². The van der Waals surface area contributed by atoms with Crippen molar-refractivity contribution in [3.63, 3.8) is 0 Å². The summed E-state index contributed by atoms with van der Waals surface area (Å²) in [5.74, 6) is 1.77. The summed E-state index contributed by atoms with van der Waals surface area (Å²) >= 11 is 1.71. The molecule has 1 unspecified atom stereocenters. The van der Waals surface area contributed by atoms with Crippen molar-refractivity contribution in [1.82, 2.24) is 5.32 Å². The summed E-state index contributed by atoms with van der Waals surface area (Å²) in [6, 6.07) is 1.96. The van der Waals surface area contributed by atoms with Gasteiger partial charge in [-0.25, -0.2) is 0 Å². The van der Waals surface area contributed by atoms with Gasteiger partial charge >= 0.3 is 0 Å². The fourth-order valence-electron chi connectivity index (χ4n) is 1.34. The average Bonchev–Trinajstić information content (AvgIpc) is 2.62. The largest absolute Gasteiger partial charge is 0.468 e. The number of rotatable bonds is 6. The van der Waals surface area contributed by atoms with Crippen LogP contribution in [0.25, 0.3) is 0 Å². The zero-order chi connectivity index (χ0) is 11.3. The van der Waals surface area contributed by atoms with Crippen molar-refractivity contribution in [2.75, 3.05) is 18.9 Å². The molecule has 86 valence electrons. The highest BCUT2D eigenvalue weighted by molar-refractivity contribution is 7.99. The van der Waals surface area contributed by atoms with Gasteiger partial charge in [-0.2, -0.15) is 0 Å². The monoisotopic (exact) mass is 229 g/mol. The maximum absolute atomic E-state index is 9.32. The highest BCUT2D eigenvalue weighted by Gasteiger charge is 2.22. The van der Waals surface area contributed by atoms with Gasteiger partial charge in [-0.1, -0.05) is 6.92 Å². The minimum absolute atomic E-state index is 0.144. The van der Waals surface area contributed by atoms with Crippen molar-refractivity contribution >= 4 is 11.8 Å². The number of thioether (sulfide) groups is 1. The first-order valence-electron chi connectivity index (χ1n) is 5.14. The van der Waals surface area contributed by atoms with Crippen LogP contribution in [0.15, 0.2) is 21.6 Å². The van der Waals surface area contributed by atoms with E-state index in [2.05, 4.69) is 5.32 Å². The van der Waals surface area contributed by atoms with E-state index >= 15 is 0 Å². The quantitative estimate of drug-likeness (QED) is 0.733. The molecule has 4 heteroatoms. The zero-order valence-corrected chi connectivity index (χ0v) is 10.4. The molecule has 0 aliphatic heterocycles.